The van der Waals surface area contributed by atoms with E-state index in [0.717, 1.165) is 5.56 Å². The molecule has 0 bridgehead atoms. The van der Waals surface area contributed by atoms with Crippen molar-refractivity contribution in [2.24, 2.45) is 0 Å². The predicted molar refractivity (Wildman–Crippen MR) is 148 cm³/mol. The molecule has 1 aliphatic rings. The van der Waals surface area contributed by atoms with Crippen molar-refractivity contribution in [3.05, 3.63) is 98.4 Å². The average molecular weight is 563 g/mol. The van der Waals surface area contributed by atoms with Gasteiger partial charge < -0.3 is 29.0 Å². The smallest absolute Gasteiger partial charge is 0.357 e. The second kappa shape index (κ2) is 10.4. The molecule has 5 rings (SSSR count). The lowest BCUT2D eigenvalue weighted by molar-refractivity contribution is 0.0974. The standard InChI is InChI=1S/C29H26NO9P/c1-4-37-40(36,38-5-2)29(30-17-9-10-18-15(3)11-24(33)39-23(18)14-17)16-12-20-26(22(32)13-16)28(35)25-19(27(20)34)7-6-8-21(25)31/h6-14,29-32H,4-5H2,1-3H3. The Labute approximate surface area is 228 Å². The molecule has 0 amide bonds. The van der Waals surface area contributed by atoms with Gasteiger partial charge in [-0.25, -0.2) is 4.79 Å². The summed E-state index contributed by atoms with van der Waals surface area (Å²) in [6, 6.07) is 13.1. The Hall–Kier alpha value is -4.24. The third-order valence-corrected chi connectivity index (χ3v) is 8.93. The summed E-state index contributed by atoms with van der Waals surface area (Å²) in [4.78, 5) is 38.6. The van der Waals surface area contributed by atoms with Crippen LogP contribution in [0, 0.1) is 6.92 Å². The van der Waals surface area contributed by atoms with Gasteiger partial charge in [0, 0.05) is 34.3 Å². The SMILES string of the molecule is CCOP(=O)(OCC)C(Nc1ccc2c(C)cc(=O)oc2c1)c1cc(O)c2c(c1)C(=O)c1cccc(O)c1C2=O. The molecule has 3 N–H and O–H groups in total. The van der Waals surface area contributed by atoms with E-state index in [9.17, 15) is 29.2 Å². The van der Waals surface area contributed by atoms with Crippen LogP contribution in [0.3, 0.4) is 0 Å². The Morgan fingerprint density at radius 2 is 1.57 bits per heavy atom. The summed E-state index contributed by atoms with van der Waals surface area (Å²) in [5.74, 6) is -3.46. The highest BCUT2D eigenvalue weighted by molar-refractivity contribution is 7.54. The first-order valence-electron chi connectivity index (χ1n) is 12.6. The summed E-state index contributed by atoms with van der Waals surface area (Å²) in [5, 5.41) is 25.0. The van der Waals surface area contributed by atoms with E-state index < -0.39 is 36.3 Å². The van der Waals surface area contributed by atoms with Gasteiger partial charge in [0.15, 0.2) is 11.6 Å². The lowest BCUT2D eigenvalue weighted by Gasteiger charge is -2.29. The van der Waals surface area contributed by atoms with Crippen LogP contribution in [0.1, 0.15) is 62.6 Å². The van der Waals surface area contributed by atoms with E-state index in [0.29, 0.717) is 16.7 Å². The Kier molecular flexibility index (Phi) is 7.10. The lowest BCUT2D eigenvalue weighted by Crippen LogP contribution is -2.23. The fraction of sp³-hybridized carbons (Fsp3) is 0.207. The molecule has 206 valence electrons. The van der Waals surface area contributed by atoms with Gasteiger partial charge in [-0.05, 0) is 62.2 Å². The molecule has 1 heterocycles. The number of benzene rings is 3. The van der Waals surface area contributed by atoms with Gasteiger partial charge in [-0.1, -0.05) is 12.1 Å². The number of anilines is 1. The van der Waals surface area contributed by atoms with E-state index >= 15 is 0 Å². The van der Waals surface area contributed by atoms with E-state index in [2.05, 4.69) is 5.32 Å². The summed E-state index contributed by atoms with van der Waals surface area (Å²) in [5.41, 5.74) is 0.424. The number of phenolic OH excluding ortho intramolecular Hbond substituents is 2. The zero-order valence-electron chi connectivity index (χ0n) is 21.9. The number of hydrogen-bond acceptors (Lipinski definition) is 10. The van der Waals surface area contributed by atoms with Crippen LogP contribution in [-0.2, 0) is 13.6 Å². The molecule has 1 unspecified atom stereocenters. The second-order valence-electron chi connectivity index (χ2n) is 9.20. The van der Waals surface area contributed by atoms with Crippen molar-refractivity contribution < 1.29 is 37.8 Å². The molecule has 0 aliphatic heterocycles. The van der Waals surface area contributed by atoms with Crippen molar-refractivity contribution in [2.45, 2.75) is 26.6 Å². The number of carbonyl (C=O) groups excluding carboxylic acids is 2. The van der Waals surface area contributed by atoms with E-state index in [1.54, 1.807) is 39.0 Å². The molecule has 3 aromatic carbocycles. The van der Waals surface area contributed by atoms with Crippen LogP contribution >= 0.6 is 7.60 Å². The normalized spacial score (nSPS) is 13.7. The molecule has 1 atom stereocenters. The second-order valence-corrected chi connectivity index (χ2v) is 11.3. The van der Waals surface area contributed by atoms with Crippen molar-refractivity contribution in [1.82, 2.24) is 0 Å². The third-order valence-electron chi connectivity index (χ3n) is 6.63. The Bertz CT molecular complexity index is 1780. The number of nitrogens with one attached hydrogen (secondary N) is 1. The van der Waals surface area contributed by atoms with Crippen molar-refractivity contribution in [3.63, 3.8) is 0 Å². The lowest BCUT2D eigenvalue weighted by atomic mass is 9.82. The number of carbonyl (C=O) groups is 2. The summed E-state index contributed by atoms with van der Waals surface area (Å²) in [6.45, 7) is 5.13. The summed E-state index contributed by atoms with van der Waals surface area (Å²) in [7, 11) is -4.01. The summed E-state index contributed by atoms with van der Waals surface area (Å²) in [6.07, 6.45) is 0. The van der Waals surface area contributed by atoms with Gasteiger partial charge in [-0.2, -0.15) is 0 Å². The Morgan fingerprint density at radius 1 is 0.875 bits per heavy atom. The van der Waals surface area contributed by atoms with Gasteiger partial charge in [-0.15, -0.1) is 0 Å². The maximum atomic E-state index is 14.1. The maximum absolute atomic E-state index is 14.1. The number of phenols is 2. The molecule has 0 radical (unpaired) electrons. The minimum absolute atomic E-state index is 0.0173. The van der Waals surface area contributed by atoms with E-state index in [1.807, 2.05) is 0 Å². The van der Waals surface area contributed by atoms with Crippen molar-refractivity contribution >= 4 is 35.8 Å². The largest absolute Gasteiger partial charge is 0.507 e. The fourth-order valence-electron chi connectivity index (χ4n) is 4.93. The van der Waals surface area contributed by atoms with Crippen LogP contribution in [0.5, 0.6) is 11.5 Å². The molecule has 10 nitrogen and oxygen atoms in total. The van der Waals surface area contributed by atoms with Crippen LogP contribution in [0.25, 0.3) is 11.0 Å². The Morgan fingerprint density at radius 3 is 2.27 bits per heavy atom. The quantitative estimate of drug-likeness (QED) is 0.159. The summed E-state index contributed by atoms with van der Waals surface area (Å²) < 4.78 is 30.7. The molecule has 1 aliphatic carbocycles. The average Bonchev–Trinajstić information content (AvgIpc) is 2.89. The van der Waals surface area contributed by atoms with Crippen molar-refractivity contribution in [2.75, 3.05) is 18.5 Å². The van der Waals surface area contributed by atoms with Crippen LogP contribution in [-0.4, -0.2) is 35.0 Å². The molecule has 0 saturated heterocycles. The number of aromatic hydroxyl groups is 2. The Balaban J connectivity index is 1.67. The van der Waals surface area contributed by atoms with Crippen molar-refractivity contribution in [1.29, 1.82) is 0 Å². The molecule has 0 spiro atoms. The number of ketones is 2. The molecular weight excluding hydrogens is 537 g/mol. The first-order chi connectivity index (χ1) is 19.1. The molecule has 0 saturated carbocycles. The van der Waals surface area contributed by atoms with Crippen LogP contribution in [0.4, 0.5) is 5.69 Å². The van der Waals surface area contributed by atoms with Gasteiger partial charge in [0.25, 0.3) is 0 Å². The highest BCUT2D eigenvalue weighted by atomic mass is 31.2. The predicted octanol–water partition coefficient (Wildman–Crippen LogP) is 5.66. The van der Waals surface area contributed by atoms with Gasteiger partial charge in [0.1, 0.15) is 17.1 Å². The molecule has 0 fully saturated rings. The van der Waals surface area contributed by atoms with E-state index in [-0.39, 0.29) is 46.8 Å². The van der Waals surface area contributed by atoms with Crippen LogP contribution in [0.2, 0.25) is 0 Å². The fourth-order valence-corrected chi connectivity index (χ4v) is 6.84. The molecule has 11 heteroatoms. The zero-order chi connectivity index (χ0) is 28.8. The van der Waals surface area contributed by atoms with E-state index in [4.69, 9.17) is 13.5 Å². The minimum Gasteiger partial charge on any atom is -0.507 e. The monoisotopic (exact) mass is 563 g/mol. The number of rotatable bonds is 8. The first-order valence-corrected chi connectivity index (χ1v) is 14.2. The highest BCUT2D eigenvalue weighted by Crippen LogP contribution is 2.61. The van der Waals surface area contributed by atoms with Gasteiger partial charge in [0.2, 0.25) is 5.78 Å². The molecule has 4 aromatic rings. The first kappa shape index (κ1) is 27.3. The molecule has 1 aromatic heterocycles. The molecular formula is C29H26NO9P. The third kappa shape index (κ3) is 4.60. The minimum atomic E-state index is -4.01. The van der Waals surface area contributed by atoms with E-state index in [1.165, 1.54) is 36.4 Å². The topological polar surface area (TPSA) is 152 Å². The summed E-state index contributed by atoms with van der Waals surface area (Å²) >= 11 is 0. The van der Waals surface area contributed by atoms with Gasteiger partial charge in [0.05, 0.1) is 24.3 Å². The van der Waals surface area contributed by atoms with Gasteiger partial charge >= 0.3 is 13.2 Å². The zero-order valence-corrected chi connectivity index (χ0v) is 22.8. The van der Waals surface area contributed by atoms with Gasteiger partial charge in [-0.3, -0.25) is 14.2 Å². The molecule has 40 heavy (non-hydrogen) atoms. The number of hydrogen-bond donors (Lipinski definition) is 3. The van der Waals surface area contributed by atoms with Crippen LogP contribution < -0.4 is 10.9 Å². The number of fused-ring (bicyclic) bond motifs is 3. The highest BCUT2D eigenvalue weighted by Gasteiger charge is 2.40. The van der Waals surface area contributed by atoms with Crippen molar-refractivity contribution in [3.8, 4) is 11.5 Å². The maximum Gasteiger partial charge on any atom is 0.357 e. The van der Waals surface area contributed by atoms with Crippen LogP contribution in [0.15, 0.2) is 63.8 Å². The number of aryl methyl sites for hydroxylation is 1.